The van der Waals surface area contributed by atoms with Gasteiger partial charge in [0.15, 0.2) is 5.65 Å². The van der Waals surface area contributed by atoms with E-state index in [1.165, 1.54) is 13.7 Å². The zero-order valence-electron chi connectivity index (χ0n) is 24.2. The first-order chi connectivity index (χ1) is 20.7. The molecule has 6 N–H and O–H groups in total. The van der Waals surface area contributed by atoms with E-state index in [1.807, 2.05) is 74.5 Å². The predicted molar refractivity (Wildman–Crippen MR) is 166 cm³/mol. The maximum atomic E-state index is 12.7. The normalized spacial score (nSPS) is 11.0. The number of rotatable bonds is 9. The van der Waals surface area contributed by atoms with Gasteiger partial charge in [0.25, 0.3) is 11.1 Å². The number of fused-ring (bicyclic) bond motifs is 1. The highest BCUT2D eigenvalue weighted by atomic mass is 16.3. The van der Waals surface area contributed by atoms with E-state index in [0.29, 0.717) is 39.0 Å². The number of aliphatic hydroxyl groups excluding tert-OH is 1. The maximum absolute atomic E-state index is 12.7. The van der Waals surface area contributed by atoms with Gasteiger partial charge in [-0.05, 0) is 24.0 Å². The molecule has 0 radical (unpaired) electrons. The molecule has 13 nitrogen and oxygen atoms in total. The lowest BCUT2D eigenvalue weighted by molar-refractivity contribution is 0.273. The summed E-state index contributed by atoms with van der Waals surface area (Å²) in [6.07, 6.45) is 1.34. The maximum Gasteiger partial charge on any atom is 0.333 e. The van der Waals surface area contributed by atoms with Crippen molar-refractivity contribution in [2.45, 2.75) is 59.5 Å². The number of hydrogen-bond donors (Lipinski definition) is 4. The van der Waals surface area contributed by atoms with Crippen molar-refractivity contribution in [3.8, 4) is 0 Å². The van der Waals surface area contributed by atoms with Crippen LogP contribution in [0, 0.1) is 0 Å². The summed E-state index contributed by atoms with van der Waals surface area (Å²) in [7, 11) is 0. The summed E-state index contributed by atoms with van der Waals surface area (Å²) in [4.78, 5) is 56.5. The standard InChI is InChI=1S/C16H18N4O3.C14H18N4O2/c1-2-8-19-15(22)13-14(18-12(10-21)17-13)20(16(19)23)9-11-6-4-3-5-7-11;1-2-8-17-13(19)11(15)12(16)18(14(17)20)9-10-6-4-3-5-7-10/h3-7,21H,2,8-10H2,1H3,(H,17,18);3-7H,2,8-9,15-16H2,1H3. The summed E-state index contributed by atoms with van der Waals surface area (Å²) in [5, 5.41) is 9.26. The molecule has 0 unspecified atom stereocenters. The number of aliphatic hydroxyl groups is 1. The Morgan fingerprint density at radius 2 is 1.21 bits per heavy atom. The number of nitrogens with one attached hydrogen (secondary N) is 1. The van der Waals surface area contributed by atoms with E-state index in [0.717, 1.165) is 15.7 Å². The number of imidazole rings is 1. The van der Waals surface area contributed by atoms with Crippen molar-refractivity contribution in [2.75, 3.05) is 11.5 Å². The molecule has 3 heterocycles. The molecule has 0 saturated carbocycles. The van der Waals surface area contributed by atoms with E-state index in [1.54, 1.807) is 0 Å². The quantitative estimate of drug-likeness (QED) is 0.199. The summed E-state index contributed by atoms with van der Waals surface area (Å²) in [6, 6.07) is 18.9. The Balaban J connectivity index is 0.000000199. The van der Waals surface area contributed by atoms with Crippen molar-refractivity contribution in [1.82, 2.24) is 28.2 Å². The van der Waals surface area contributed by atoms with E-state index < -0.39 is 16.8 Å². The molecule has 0 spiro atoms. The second kappa shape index (κ2) is 13.7. The zero-order chi connectivity index (χ0) is 31.1. The molecule has 13 heteroatoms. The number of H-pyrrole nitrogens is 1. The van der Waals surface area contributed by atoms with Crippen molar-refractivity contribution in [3.63, 3.8) is 0 Å². The molecule has 0 aliphatic carbocycles. The first-order valence-electron chi connectivity index (χ1n) is 14.0. The number of aromatic nitrogens is 6. The highest BCUT2D eigenvalue weighted by Gasteiger charge is 2.17. The van der Waals surface area contributed by atoms with Crippen molar-refractivity contribution < 1.29 is 5.11 Å². The molecule has 0 amide bonds. The van der Waals surface area contributed by atoms with Crippen molar-refractivity contribution in [1.29, 1.82) is 0 Å². The molecule has 2 aromatic carbocycles. The molecule has 0 aliphatic rings. The lowest BCUT2D eigenvalue weighted by Gasteiger charge is -2.14. The predicted octanol–water partition coefficient (Wildman–Crippen LogP) is 1.47. The second-order valence-corrected chi connectivity index (χ2v) is 9.96. The lowest BCUT2D eigenvalue weighted by Crippen LogP contribution is -2.42. The van der Waals surface area contributed by atoms with Crippen LogP contribution in [0.3, 0.4) is 0 Å². The highest BCUT2D eigenvalue weighted by molar-refractivity contribution is 5.70. The van der Waals surface area contributed by atoms with E-state index >= 15 is 0 Å². The van der Waals surface area contributed by atoms with Gasteiger partial charge in [0.2, 0.25) is 0 Å². The van der Waals surface area contributed by atoms with Crippen LogP contribution in [-0.4, -0.2) is 33.3 Å². The fourth-order valence-corrected chi connectivity index (χ4v) is 4.69. The van der Waals surface area contributed by atoms with Crippen LogP contribution in [0.25, 0.3) is 11.2 Å². The Morgan fingerprint density at radius 3 is 1.72 bits per heavy atom. The topological polar surface area (TPSA) is 189 Å². The molecule has 0 bridgehead atoms. The third-order valence-corrected chi connectivity index (χ3v) is 6.83. The summed E-state index contributed by atoms with van der Waals surface area (Å²) in [5.74, 6) is 0.295. The van der Waals surface area contributed by atoms with Crippen molar-refractivity contribution in [2.24, 2.45) is 0 Å². The lowest BCUT2D eigenvalue weighted by atomic mass is 10.2. The fourth-order valence-electron chi connectivity index (χ4n) is 4.69. The largest absolute Gasteiger partial charge is 0.391 e. The molecular formula is C30H36N8O5. The smallest absolute Gasteiger partial charge is 0.333 e. The van der Waals surface area contributed by atoms with Crippen LogP contribution in [0.2, 0.25) is 0 Å². The minimum atomic E-state index is -0.515. The summed E-state index contributed by atoms with van der Waals surface area (Å²) >= 11 is 0. The van der Waals surface area contributed by atoms with Crippen LogP contribution >= 0.6 is 0 Å². The molecule has 0 atom stereocenters. The Morgan fingerprint density at radius 1 is 0.721 bits per heavy atom. The van der Waals surface area contributed by atoms with Crippen LogP contribution < -0.4 is 34.0 Å². The molecule has 0 saturated heterocycles. The van der Waals surface area contributed by atoms with Gasteiger partial charge in [0.1, 0.15) is 29.5 Å². The van der Waals surface area contributed by atoms with Gasteiger partial charge in [-0.15, -0.1) is 0 Å². The van der Waals surface area contributed by atoms with Crippen LogP contribution in [0.5, 0.6) is 0 Å². The van der Waals surface area contributed by atoms with E-state index in [-0.39, 0.29) is 40.8 Å². The third-order valence-electron chi connectivity index (χ3n) is 6.83. The minimum absolute atomic E-state index is 0.0243. The second-order valence-electron chi connectivity index (χ2n) is 9.96. The number of nitrogens with two attached hydrogens (primary N) is 2. The van der Waals surface area contributed by atoms with Gasteiger partial charge in [-0.25, -0.2) is 14.6 Å². The number of nitrogens with zero attached hydrogens (tertiary/aromatic N) is 5. The van der Waals surface area contributed by atoms with Crippen molar-refractivity contribution in [3.05, 3.63) is 119 Å². The van der Waals surface area contributed by atoms with Crippen LogP contribution in [-0.2, 0) is 32.8 Å². The van der Waals surface area contributed by atoms with Crippen LogP contribution in [0.15, 0.2) is 79.8 Å². The summed E-state index contributed by atoms with van der Waals surface area (Å²) in [6.45, 7) is 4.76. The Bertz CT molecular complexity index is 1940. The fraction of sp³-hybridized carbons (Fsp3) is 0.300. The Kier molecular flexibility index (Phi) is 9.78. The van der Waals surface area contributed by atoms with Gasteiger partial charge in [0.05, 0.1) is 13.1 Å². The molecule has 5 aromatic rings. The zero-order valence-corrected chi connectivity index (χ0v) is 24.2. The molecule has 5 rings (SSSR count). The molecule has 43 heavy (non-hydrogen) atoms. The monoisotopic (exact) mass is 588 g/mol. The summed E-state index contributed by atoms with van der Waals surface area (Å²) < 4.78 is 5.15. The Hall–Kier alpha value is -5.17. The van der Waals surface area contributed by atoms with Gasteiger partial charge in [-0.2, -0.15) is 0 Å². The SMILES string of the molecule is CCCn1c(=O)c(N)c(N)n(Cc2ccccc2)c1=O.CCCn1c(=O)c2[nH]c(CO)nc2n(Cc2ccccc2)c1=O. The van der Waals surface area contributed by atoms with Gasteiger partial charge >= 0.3 is 11.4 Å². The molecule has 0 aliphatic heterocycles. The van der Waals surface area contributed by atoms with Gasteiger partial charge in [-0.3, -0.25) is 27.9 Å². The average molecular weight is 589 g/mol. The first kappa shape index (κ1) is 30.8. The number of aromatic amines is 1. The summed E-state index contributed by atoms with van der Waals surface area (Å²) in [5.41, 5.74) is 12.1. The van der Waals surface area contributed by atoms with Gasteiger partial charge in [0, 0.05) is 13.1 Å². The van der Waals surface area contributed by atoms with E-state index in [2.05, 4.69) is 9.97 Å². The number of hydrogen-bond acceptors (Lipinski definition) is 8. The van der Waals surface area contributed by atoms with Crippen LogP contribution in [0.4, 0.5) is 11.5 Å². The van der Waals surface area contributed by atoms with Crippen molar-refractivity contribution >= 4 is 22.7 Å². The number of nitrogen functional groups attached to an aromatic ring is 2. The molecule has 3 aromatic heterocycles. The van der Waals surface area contributed by atoms with E-state index in [4.69, 9.17) is 11.5 Å². The first-order valence-corrected chi connectivity index (χ1v) is 14.0. The molecular weight excluding hydrogens is 552 g/mol. The number of anilines is 2. The van der Waals surface area contributed by atoms with Crippen LogP contribution in [0.1, 0.15) is 43.6 Å². The molecule has 0 fully saturated rings. The minimum Gasteiger partial charge on any atom is -0.391 e. The third kappa shape index (κ3) is 6.51. The van der Waals surface area contributed by atoms with E-state index in [9.17, 15) is 24.3 Å². The average Bonchev–Trinajstić information content (AvgIpc) is 3.47. The highest BCUT2D eigenvalue weighted by Crippen LogP contribution is 2.11. The number of benzene rings is 2. The molecule has 226 valence electrons. The van der Waals surface area contributed by atoms with Gasteiger partial charge in [-0.1, -0.05) is 74.5 Å². The van der Waals surface area contributed by atoms with Gasteiger partial charge < -0.3 is 21.6 Å². The Labute approximate surface area is 246 Å².